The molecule has 3 aromatic rings. The van der Waals surface area contributed by atoms with Gasteiger partial charge >= 0.3 is 0 Å². The molecule has 0 spiro atoms. The maximum Gasteiger partial charge on any atom is 0.237 e. The molecule has 0 radical (unpaired) electrons. The topological polar surface area (TPSA) is 64.7 Å². The lowest BCUT2D eigenvalue weighted by Gasteiger charge is -2.25. The summed E-state index contributed by atoms with van der Waals surface area (Å²) >= 11 is 0. The van der Waals surface area contributed by atoms with Gasteiger partial charge in [0.2, 0.25) is 11.7 Å². The van der Waals surface area contributed by atoms with Gasteiger partial charge in [-0.25, -0.2) is 18.7 Å². The van der Waals surface area contributed by atoms with Crippen LogP contribution in [0.15, 0.2) is 35.2 Å². The van der Waals surface area contributed by atoms with Crippen molar-refractivity contribution in [3.8, 4) is 11.4 Å². The minimum Gasteiger partial charge on any atom is -0.338 e. The van der Waals surface area contributed by atoms with E-state index >= 15 is 0 Å². The van der Waals surface area contributed by atoms with E-state index in [9.17, 15) is 8.78 Å². The van der Waals surface area contributed by atoms with E-state index in [4.69, 9.17) is 4.52 Å². The number of hydrogen-bond donors (Lipinski definition) is 0. The molecule has 1 saturated carbocycles. The highest BCUT2D eigenvalue weighted by molar-refractivity contribution is 5.55. The van der Waals surface area contributed by atoms with E-state index < -0.39 is 17.0 Å². The summed E-state index contributed by atoms with van der Waals surface area (Å²) in [6, 6.07) is 3.58. The van der Waals surface area contributed by atoms with Crippen LogP contribution in [0.25, 0.3) is 11.4 Å². The van der Waals surface area contributed by atoms with Crippen LogP contribution in [0.4, 0.5) is 8.78 Å². The fourth-order valence-corrected chi connectivity index (χ4v) is 3.57. The second kappa shape index (κ2) is 5.98. The Morgan fingerprint density at radius 3 is 2.48 bits per heavy atom. The Balaban J connectivity index is 1.82. The first-order valence-electron chi connectivity index (χ1n) is 8.16. The molecule has 0 amide bonds. The van der Waals surface area contributed by atoms with E-state index in [1.54, 1.807) is 6.20 Å². The fourth-order valence-electron chi connectivity index (χ4n) is 3.57. The highest BCUT2D eigenvalue weighted by atomic mass is 19.1. The molecule has 2 heterocycles. The second-order valence-corrected chi connectivity index (χ2v) is 6.39. The van der Waals surface area contributed by atoms with Crippen molar-refractivity contribution in [3.05, 3.63) is 59.5 Å². The van der Waals surface area contributed by atoms with Crippen LogP contribution in [-0.4, -0.2) is 20.1 Å². The van der Waals surface area contributed by atoms with Crippen molar-refractivity contribution in [3.63, 3.8) is 0 Å². The molecule has 128 valence electrons. The first-order valence-corrected chi connectivity index (χ1v) is 8.16. The van der Waals surface area contributed by atoms with Crippen LogP contribution in [0.2, 0.25) is 0 Å². The minimum absolute atomic E-state index is 0.383. The van der Waals surface area contributed by atoms with Crippen molar-refractivity contribution in [1.29, 1.82) is 0 Å². The van der Waals surface area contributed by atoms with Crippen molar-refractivity contribution in [1.82, 2.24) is 20.1 Å². The third kappa shape index (κ3) is 2.69. The summed E-state index contributed by atoms with van der Waals surface area (Å²) in [7, 11) is 0. The Kier molecular flexibility index (Phi) is 3.78. The number of benzene rings is 1. The van der Waals surface area contributed by atoms with Crippen LogP contribution >= 0.6 is 0 Å². The predicted octanol–water partition coefficient (Wildman–Crippen LogP) is 3.97. The molecule has 7 heteroatoms. The van der Waals surface area contributed by atoms with Crippen LogP contribution in [0.3, 0.4) is 0 Å². The van der Waals surface area contributed by atoms with Crippen molar-refractivity contribution in [2.24, 2.45) is 0 Å². The first kappa shape index (κ1) is 15.8. The standard InChI is InChI=1S/C18H16F2N4O/c1-11-15(9-21-10-22-11)16-23-17(25-24-16)18(4-2-3-5-18)12-6-13(19)8-14(20)7-12/h6-10H,2-5H2,1H3. The molecule has 1 fully saturated rings. The molecule has 0 N–H and O–H groups in total. The van der Waals surface area contributed by atoms with Crippen molar-refractivity contribution in [2.45, 2.75) is 38.0 Å². The summed E-state index contributed by atoms with van der Waals surface area (Å²) in [5, 5.41) is 4.05. The van der Waals surface area contributed by atoms with Gasteiger partial charge in [-0.05, 0) is 37.5 Å². The Morgan fingerprint density at radius 1 is 1.08 bits per heavy atom. The summed E-state index contributed by atoms with van der Waals surface area (Å²) in [6.07, 6.45) is 6.37. The van der Waals surface area contributed by atoms with Gasteiger partial charge in [-0.2, -0.15) is 4.98 Å². The molecule has 0 aliphatic heterocycles. The van der Waals surface area contributed by atoms with E-state index in [1.807, 2.05) is 6.92 Å². The van der Waals surface area contributed by atoms with E-state index in [2.05, 4.69) is 20.1 Å². The molecule has 1 aliphatic carbocycles. The Bertz CT molecular complexity index is 899. The largest absolute Gasteiger partial charge is 0.338 e. The van der Waals surface area contributed by atoms with E-state index in [-0.39, 0.29) is 0 Å². The molecule has 5 nitrogen and oxygen atoms in total. The Hall–Kier alpha value is -2.70. The van der Waals surface area contributed by atoms with Crippen molar-refractivity contribution in [2.75, 3.05) is 0 Å². The van der Waals surface area contributed by atoms with Gasteiger partial charge in [-0.3, -0.25) is 0 Å². The maximum absolute atomic E-state index is 13.8. The average molecular weight is 342 g/mol. The molecule has 4 rings (SSSR count). The van der Waals surface area contributed by atoms with E-state index in [1.165, 1.54) is 18.5 Å². The van der Waals surface area contributed by atoms with Gasteiger partial charge in [0.25, 0.3) is 0 Å². The SMILES string of the molecule is Cc1ncncc1-c1noc(C2(c3cc(F)cc(F)c3)CCCC2)n1. The number of halogens is 2. The van der Waals surface area contributed by atoms with Gasteiger partial charge in [0.05, 0.1) is 16.7 Å². The monoisotopic (exact) mass is 342 g/mol. The van der Waals surface area contributed by atoms with Crippen molar-refractivity contribution >= 4 is 0 Å². The summed E-state index contributed by atoms with van der Waals surface area (Å²) < 4.78 is 33.1. The summed E-state index contributed by atoms with van der Waals surface area (Å²) in [6.45, 7) is 1.83. The lowest BCUT2D eigenvalue weighted by atomic mass is 9.78. The summed E-state index contributed by atoms with van der Waals surface area (Å²) in [5.74, 6) is -0.439. The Morgan fingerprint density at radius 2 is 1.80 bits per heavy atom. The predicted molar refractivity (Wildman–Crippen MR) is 85.7 cm³/mol. The summed E-state index contributed by atoms with van der Waals surface area (Å²) in [4.78, 5) is 12.7. The highest BCUT2D eigenvalue weighted by Gasteiger charge is 2.43. The number of nitrogens with zero attached hydrogens (tertiary/aromatic N) is 4. The van der Waals surface area contributed by atoms with E-state index in [0.29, 0.717) is 35.7 Å². The molecule has 1 aromatic carbocycles. The minimum atomic E-state index is -0.655. The zero-order chi connectivity index (χ0) is 17.4. The lowest BCUT2D eigenvalue weighted by Crippen LogP contribution is -2.24. The third-order valence-corrected chi connectivity index (χ3v) is 4.86. The van der Waals surface area contributed by atoms with Crippen LogP contribution in [0, 0.1) is 18.6 Å². The normalized spacial score (nSPS) is 16.3. The van der Waals surface area contributed by atoms with Crippen LogP contribution in [-0.2, 0) is 5.41 Å². The molecular weight excluding hydrogens is 326 g/mol. The number of hydrogen-bond acceptors (Lipinski definition) is 5. The molecule has 0 bridgehead atoms. The van der Waals surface area contributed by atoms with Gasteiger partial charge in [-0.1, -0.05) is 18.0 Å². The quantitative estimate of drug-likeness (QED) is 0.720. The Labute approximate surface area is 143 Å². The van der Waals surface area contributed by atoms with Gasteiger partial charge in [0.15, 0.2) is 0 Å². The molecule has 1 aliphatic rings. The highest BCUT2D eigenvalue weighted by Crippen LogP contribution is 2.46. The summed E-state index contributed by atoms with van der Waals surface area (Å²) in [5.41, 5.74) is 1.30. The molecular formula is C18H16F2N4O. The second-order valence-electron chi connectivity index (χ2n) is 6.39. The first-order chi connectivity index (χ1) is 12.1. The smallest absolute Gasteiger partial charge is 0.237 e. The average Bonchev–Trinajstić information content (AvgIpc) is 3.24. The number of aryl methyl sites for hydroxylation is 1. The molecule has 0 saturated heterocycles. The maximum atomic E-state index is 13.8. The zero-order valence-corrected chi connectivity index (χ0v) is 13.7. The van der Waals surface area contributed by atoms with Gasteiger partial charge < -0.3 is 4.52 Å². The number of aromatic nitrogens is 4. The van der Waals surface area contributed by atoms with Crippen LogP contribution < -0.4 is 0 Å². The number of rotatable bonds is 3. The third-order valence-electron chi connectivity index (χ3n) is 4.86. The van der Waals surface area contributed by atoms with Crippen molar-refractivity contribution < 1.29 is 13.3 Å². The molecule has 25 heavy (non-hydrogen) atoms. The zero-order valence-electron chi connectivity index (χ0n) is 13.7. The lowest BCUT2D eigenvalue weighted by molar-refractivity contribution is 0.310. The van der Waals surface area contributed by atoms with E-state index in [0.717, 1.165) is 24.6 Å². The van der Waals surface area contributed by atoms with Gasteiger partial charge in [0, 0.05) is 12.3 Å². The van der Waals surface area contributed by atoms with Gasteiger partial charge in [-0.15, -0.1) is 0 Å². The van der Waals surface area contributed by atoms with Crippen LogP contribution in [0.1, 0.15) is 42.8 Å². The molecule has 0 atom stereocenters. The van der Waals surface area contributed by atoms with Gasteiger partial charge in [0.1, 0.15) is 18.0 Å². The fraction of sp³-hybridized carbons (Fsp3) is 0.333. The molecule has 2 aromatic heterocycles. The molecule has 0 unspecified atom stereocenters. The van der Waals surface area contributed by atoms with Crippen LogP contribution in [0.5, 0.6) is 0 Å².